The van der Waals surface area contributed by atoms with Gasteiger partial charge in [0.15, 0.2) is 0 Å². The van der Waals surface area contributed by atoms with E-state index in [1.54, 1.807) is 12.2 Å². The molecule has 0 aromatic carbocycles. The van der Waals surface area contributed by atoms with Crippen LogP contribution >= 0.6 is 0 Å². The Morgan fingerprint density at radius 1 is 0.636 bits per heavy atom. The molecule has 0 aromatic rings. The van der Waals surface area contributed by atoms with Crippen molar-refractivity contribution in [3.63, 3.8) is 0 Å². The number of carbonyl (C=O) groups is 1. The van der Waals surface area contributed by atoms with Crippen molar-refractivity contribution in [2.45, 2.75) is 134 Å². The minimum atomic E-state index is -0.833. The summed E-state index contributed by atoms with van der Waals surface area (Å²) in [5, 5.41) is 38.6. The maximum Gasteiger partial charge on any atom is 0.303 e. The minimum absolute atomic E-state index is 0.0878. The molecule has 0 heterocycles. The highest BCUT2D eigenvalue weighted by atomic mass is 16.4. The van der Waals surface area contributed by atoms with E-state index in [1.807, 2.05) is 0 Å². The number of aliphatic carboxylic acids is 1. The van der Waals surface area contributed by atoms with E-state index >= 15 is 0 Å². The van der Waals surface area contributed by atoms with Crippen LogP contribution in [0.5, 0.6) is 0 Å². The molecular weight excluding hydrogens is 416 g/mol. The smallest absolute Gasteiger partial charge is 0.303 e. The van der Waals surface area contributed by atoms with Crippen LogP contribution in [0.15, 0.2) is 36.5 Å². The summed E-state index contributed by atoms with van der Waals surface area (Å²) in [6.45, 7) is 2.23. The lowest BCUT2D eigenvalue weighted by Crippen LogP contribution is -2.17. The number of aliphatic hydroxyl groups excluding tert-OH is 3. The van der Waals surface area contributed by atoms with Gasteiger partial charge >= 0.3 is 5.97 Å². The first kappa shape index (κ1) is 31.6. The van der Waals surface area contributed by atoms with Gasteiger partial charge in [-0.2, -0.15) is 0 Å². The van der Waals surface area contributed by atoms with Crippen molar-refractivity contribution in [3.8, 4) is 0 Å². The molecule has 0 radical (unpaired) electrons. The lowest BCUT2D eigenvalue weighted by Gasteiger charge is -2.15. The molecule has 5 nitrogen and oxygen atoms in total. The first-order valence-electron chi connectivity index (χ1n) is 13.2. The van der Waals surface area contributed by atoms with Crippen molar-refractivity contribution in [1.82, 2.24) is 0 Å². The quantitative estimate of drug-likeness (QED) is 0.102. The summed E-state index contributed by atoms with van der Waals surface area (Å²) in [6.07, 6.45) is 25.7. The molecule has 192 valence electrons. The monoisotopic (exact) mass is 466 g/mol. The molecule has 33 heavy (non-hydrogen) atoms. The normalized spacial score (nSPS) is 15.0. The Morgan fingerprint density at radius 3 is 1.79 bits per heavy atom. The van der Waals surface area contributed by atoms with Crippen LogP contribution in [0, 0.1) is 0 Å². The molecule has 4 N–H and O–H groups in total. The molecule has 3 unspecified atom stereocenters. The molecule has 0 amide bonds. The first-order valence-corrected chi connectivity index (χ1v) is 13.2. The van der Waals surface area contributed by atoms with Gasteiger partial charge in [0.1, 0.15) is 0 Å². The first-order chi connectivity index (χ1) is 16.0. The van der Waals surface area contributed by atoms with Crippen LogP contribution in [-0.4, -0.2) is 44.7 Å². The van der Waals surface area contributed by atoms with E-state index in [0.29, 0.717) is 32.1 Å². The predicted octanol–water partition coefficient (Wildman–Crippen LogP) is 6.47. The fourth-order valence-corrected chi connectivity index (χ4v) is 3.64. The van der Waals surface area contributed by atoms with Crippen molar-refractivity contribution in [1.29, 1.82) is 0 Å². The van der Waals surface area contributed by atoms with E-state index in [0.717, 1.165) is 25.7 Å². The predicted molar refractivity (Wildman–Crippen MR) is 137 cm³/mol. The van der Waals surface area contributed by atoms with Crippen LogP contribution in [0.2, 0.25) is 0 Å². The second-order valence-corrected chi connectivity index (χ2v) is 9.07. The van der Waals surface area contributed by atoms with E-state index in [1.165, 1.54) is 44.9 Å². The SMILES string of the molecule is CCCCCC=CCCCCC=CCCC(O)CCCC(O)CC(O)CC=CCCC(=O)O. The Kier molecular flexibility index (Phi) is 22.7. The number of hydrogen-bond donors (Lipinski definition) is 4. The summed E-state index contributed by atoms with van der Waals surface area (Å²) in [6, 6.07) is 0. The van der Waals surface area contributed by atoms with Gasteiger partial charge in [0.2, 0.25) is 0 Å². The Hall–Kier alpha value is -1.43. The number of hydrogen-bond acceptors (Lipinski definition) is 4. The van der Waals surface area contributed by atoms with Gasteiger partial charge in [0.05, 0.1) is 18.3 Å². The maximum atomic E-state index is 10.4. The number of rotatable bonds is 23. The van der Waals surface area contributed by atoms with Crippen LogP contribution in [0.3, 0.4) is 0 Å². The van der Waals surface area contributed by atoms with Gasteiger partial charge < -0.3 is 20.4 Å². The van der Waals surface area contributed by atoms with E-state index < -0.39 is 18.2 Å². The summed E-state index contributed by atoms with van der Waals surface area (Å²) in [5.74, 6) is -0.833. The van der Waals surface area contributed by atoms with Crippen LogP contribution < -0.4 is 0 Å². The van der Waals surface area contributed by atoms with Gasteiger partial charge in [-0.3, -0.25) is 4.79 Å². The van der Waals surface area contributed by atoms with Crippen molar-refractivity contribution in [2.75, 3.05) is 0 Å². The molecular formula is C28H50O5. The Balaban J connectivity index is 3.59. The Bertz CT molecular complexity index is 526. The Morgan fingerprint density at radius 2 is 1.18 bits per heavy atom. The zero-order chi connectivity index (χ0) is 24.6. The summed E-state index contributed by atoms with van der Waals surface area (Å²) in [5.41, 5.74) is 0. The van der Waals surface area contributed by atoms with E-state index in [-0.39, 0.29) is 12.5 Å². The largest absolute Gasteiger partial charge is 0.481 e. The Labute approximate surface area is 202 Å². The zero-order valence-corrected chi connectivity index (χ0v) is 20.9. The highest BCUT2D eigenvalue weighted by Gasteiger charge is 2.12. The molecule has 0 aliphatic heterocycles. The van der Waals surface area contributed by atoms with E-state index in [4.69, 9.17) is 5.11 Å². The number of allylic oxidation sites excluding steroid dienone is 5. The van der Waals surface area contributed by atoms with Gasteiger partial charge in [0.25, 0.3) is 0 Å². The van der Waals surface area contributed by atoms with Gasteiger partial charge in [-0.05, 0) is 89.9 Å². The van der Waals surface area contributed by atoms with Crippen LogP contribution in [0.25, 0.3) is 0 Å². The third kappa shape index (κ3) is 25.0. The van der Waals surface area contributed by atoms with Crippen molar-refractivity contribution in [3.05, 3.63) is 36.5 Å². The number of aliphatic hydroxyl groups is 3. The number of carboxylic acid groups (broad SMARTS) is 1. The summed E-state index contributed by atoms with van der Waals surface area (Å²) >= 11 is 0. The van der Waals surface area contributed by atoms with E-state index in [9.17, 15) is 20.1 Å². The molecule has 0 saturated heterocycles. The molecule has 3 atom stereocenters. The third-order valence-corrected chi connectivity index (χ3v) is 5.68. The molecule has 0 saturated carbocycles. The molecule has 0 rings (SSSR count). The fraction of sp³-hybridized carbons (Fsp3) is 0.750. The van der Waals surface area contributed by atoms with Crippen LogP contribution in [0.4, 0.5) is 0 Å². The van der Waals surface area contributed by atoms with Gasteiger partial charge in [-0.1, -0.05) is 56.2 Å². The van der Waals surface area contributed by atoms with Crippen molar-refractivity contribution in [2.24, 2.45) is 0 Å². The lowest BCUT2D eigenvalue weighted by atomic mass is 10.0. The van der Waals surface area contributed by atoms with Gasteiger partial charge in [-0.15, -0.1) is 0 Å². The second kappa shape index (κ2) is 23.7. The standard InChI is InChI=1S/C28H50O5/c1-2-3-4-5-6-7-8-9-10-11-12-13-15-19-25(29)21-18-22-27(31)24-26(30)20-16-14-17-23-28(32)33/h6-7,12-14,16,25-27,29-31H,2-5,8-11,15,17-24H2,1H3,(H,32,33). The van der Waals surface area contributed by atoms with Crippen LogP contribution in [-0.2, 0) is 4.79 Å². The topological polar surface area (TPSA) is 98.0 Å². The average molecular weight is 467 g/mol. The van der Waals surface area contributed by atoms with Crippen molar-refractivity contribution >= 4 is 5.97 Å². The average Bonchev–Trinajstić information content (AvgIpc) is 2.76. The van der Waals surface area contributed by atoms with E-state index in [2.05, 4.69) is 31.2 Å². The molecule has 0 spiro atoms. The summed E-state index contributed by atoms with van der Waals surface area (Å²) in [7, 11) is 0. The van der Waals surface area contributed by atoms with Gasteiger partial charge in [-0.25, -0.2) is 0 Å². The number of unbranched alkanes of at least 4 members (excludes halogenated alkanes) is 6. The highest BCUT2D eigenvalue weighted by molar-refractivity contribution is 5.66. The van der Waals surface area contributed by atoms with Gasteiger partial charge in [0, 0.05) is 6.42 Å². The van der Waals surface area contributed by atoms with Crippen molar-refractivity contribution < 1.29 is 25.2 Å². The lowest BCUT2D eigenvalue weighted by molar-refractivity contribution is -0.136. The molecule has 0 bridgehead atoms. The highest BCUT2D eigenvalue weighted by Crippen LogP contribution is 2.14. The minimum Gasteiger partial charge on any atom is -0.481 e. The zero-order valence-electron chi connectivity index (χ0n) is 20.9. The fourth-order valence-electron chi connectivity index (χ4n) is 3.64. The molecule has 0 aromatic heterocycles. The number of carboxylic acids is 1. The summed E-state index contributed by atoms with van der Waals surface area (Å²) in [4.78, 5) is 10.4. The molecule has 0 fully saturated rings. The maximum absolute atomic E-state index is 10.4. The third-order valence-electron chi connectivity index (χ3n) is 5.68. The molecule has 0 aliphatic rings. The second-order valence-electron chi connectivity index (χ2n) is 9.07. The summed E-state index contributed by atoms with van der Waals surface area (Å²) < 4.78 is 0. The molecule has 5 heteroatoms. The molecule has 0 aliphatic carbocycles. The van der Waals surface area contributed by atoms with Crippen LogP contribution in [0.1, 0.15) is 116 Å².